The van der Waals surface area contributed by atoms with E-state index in [0.29, 0.717) is 6.54 Å². The van der Waals surface area contributed by atoms with E-state index in [9.17, 15) is 4.79 Å². The number of likely N-dealkylation sites (tertiary alicyclic amines) is 1. The van der Waals surface area contributed by atoms with Crippen LogP contribution in [0.5, 0.6) is 0 Å². The van der Waals surface area contributed by atoms with Crippen LogP contribution in [0.4, 0.5) is 0 Å². The fraction of sp³-hybridized carbons (Fsp3) is 0.611. The molecule has 4 nitrogen and oxygen atoms in total. The van der Waals surface area contributed by atoms with Crippen molar-refractivity contribution in [3.05, 3.63) is 35.4 Å². The third-order valence-electron chi connectivity index (χ3n) is 4.67. The lowest BCUT2D eigenvalue weighted by molar-refractivity contribution is -0.122. The van der Waals surface area contributed by atoms with E-state index in [1.54, 1.807) is 11.8 Å². The van der Waals surface area contributed by atoms with Gasteiger partial charge < -0.3 is 5.32 Å². The molecule has 142 valence electrons. The van der Waals surface area contributed by atoms with E-state index in [-0.39, 0.29) is 36.8 Å². The normalized spacial score (nSPS) is 23.4. The largest absolute Gasteiger partial charge is 0.351 e. The molecule has 2 aliphatic rings. The average molecular weight is 406 g/mol. The Kier molecular flexibility index (Phi) is 10.2. The van der Waals surface area contributed by atoms with E-state index < -0.39 is 0 Å². The number of hydrogen-bond acceptors (Lipinski definition) is 4. The number of piperidine rings is 1. The van der Waals surface area contributed by atoms with Crippen LogP contribution >= 0.6 is 36.6 Å². The molecule has 25 heavy (non-hydrogen) atoms. The number of hydrogen-bond donors (Lipinski definition) is 2. The Morgan fingerprint density at radius 2 is 2.00 bits per heavy atom. The van der Waals surface area contributed by atoms with Gasteiger partial charge in [0.05, 0.1) is 6.04 Å². The van der Waals surface area contributed by atoms with Crippen molar-refractivity contribution >= 4 is 42.5 Å². The molecular formula is C18H29Cl2N3OS. The monoisotopic (exact) mass is 405 g/mol. The number of rotatable bonds is 5. The zero-order valence-electron chi connectivity index (χ0n) is 14.7. The highest BCUT2D eigenvalue weighted by Gasteiger charge is 2.21. The first-order valence-corrected chi connectivity index (χ1v) is 9.75. The molecule has 0 saturated carbocycles. The number of amides is 1. The number of halogens is 2. The van der Waals surface area contributed by atoms with Crippen LogP contribution in [0.3, 0.4) is 0 Å². The van der Waals surface area contributed by atoms with Crippen LogP contribution < -0.4 is 10.6 Å². The molecule has 0 bridgehead atoms. The molecule has 3 rings (SSSR count). The number of carbonyl (C=O) groups excluding carboxylic acids is 1. The minimum absolute atomic E-state index is 0. The van der Waals surface area contributed by atoms with Crippen molar-refractivity contribution < 1.29 is 4.79 Å². The predicted octanol–water partition coefficient (Wildman–Crippen LogP) is 3.04. The zero-order valence-corrected chi connectivity index (χ0v) is 17.2. The Morgan fingerprint density at radius 1 is 1.28 bits per heavy atom. The highest BCUT2D eigenvalue weighted by molar-refractivity contribution is 7.99. The molecule has 0 aromatic heterocycles. The summed E-state index contributed by atoms with van der Waals surface area (Å²) in [5.74, 6) is 2.68. The Bertz CT molecular complexity index is 524. The summed E-state index contributed by atoms with van der Waals surface area (Å²) in [6.45, 7) is 6.43. The molecule has 2 heterocycles. The molecule has 2 aliphatic heterocycles. The highest BCUT2D eigenvalue weighted by Crippen LogP contribution is 2.18. The Balaban J connectivity index is 0.00000156. The van der Waals surface area contributed by atoms with Gasteiger partial charge in [0.2, 0.25) is 5.91 Å². The van der Waals surface area contributed by atoms with Crippen LogP contribution in [0.25, 0.3) is 0 Å². The lowest BCUT2D eigenvalue weighted by atomic mass is 9.99. The van der Waals surface area contributed by atoms with Gasteiger partial charge in [-0.2, -0.15) is 0 Å². The molecular weight excluding hydrogens is 377 g/mol. The van der Waals surface area contributed by atoms with E-state index in [2.05, 4.69) is 46.7 Å². The fourth-order valence-electron chi connectivity index (χ4n) is 3.33. The van der Waals surface area contributed by atoms with Gasteiger partial charge in [-0.25, -0.2) is 0 Å². The number of nitrogens with one attached hydrogen (secondary N) is 2. The SMILES string of the molecule is CC1CCCN(Cc2ccc(CNC(=O)C3CSCN3)cc2)C1.Cl.Cl. The van der Waals surface area contributed by atoms with E-state index in [1.165, 1.54) is 37.1 Å². The molecule has 2 atom stereocenters. The molecule has 1 aromatic rings. The summed E-state index contributed by atoms with van der Waals surface area (Å²) in [6.07, 6.45) is 2.68. The molecule has 0 spiro atoms. The van der Waals surface area contributed by atoms with Crippen molar-refractivity contribution in [2.45, 2.75) is 38.9 Å². The molecule has 7 heteroatoms. The molecule has 0 aliphatic carbocycles. The van der Waals surface area contributed by atoms with Gasteiger partial charge in [0, 0.05) is 31.3 Å². The topological polar surface area (TPSA) is 44.4 Å². The Hall–Kier alpha value is -0.460. The van der Waals surface area contributed by atoms with E-state index in [1.807, 2.05) is 0 Å². The van der Waals surface area contributed by atoms with Gasteiger partial charge in [0.1, 0.15) is 0 Å². The molecule has 1 amide bonds. The van der Waals surface area contributed by atoms with Crippen LogP contribution in [0.1, 0.15) is 30.9 Å². The average Bonchev–Trinajstić information content (AvgIpc) is 3.08. The number of benzene rings is 1. The fourth-order valence-corrected chi connectivity index (χ4v) is 4.27. The Labute approximate surface area is 167 Å². The quantitative estimate of drug-likeness (QED) is 0.789. The molecule has 1 aromatic carbocycles. The lowest BCUT2D eigenvalue weighted by Gasteiger charge is -2.30. The summed E-state index contributed by atoms with van der Waals surface area (Å²) in [4.78, 5) is 14.5. The van der Waals surface area contributed by atoms with Crippen molar-refractivity contribution in [1.29, 1.82) is 0 Å². The van der Waals surface area contributed by atoms with Crippen molar-refractivity contribution in [3.8, 4) is 0 Å². The van der Waals surface area contributed by atoms with Gasteiger partial charge in [-0.15, -0.1) is 36.6 Å². The second-order valence-corrected chi connectivity index (χ2v) is 7.82. The molecule has 2 saturated heterocycles. The maximum absolute atomic E-state index is 12.0. The second-order valence-electron chi connectivity index (χ2n) is 6.79. The van der Waals surface area contributed by atoms with Gasteiger partial charge in [-0.05, 0) is 36.4 Å². The van der Waals surface area contributed by atoms with Crippen molar-refractivity contribution in [1.82, 2.24) is 15.5 Å². The maximum atomic E-state index is 12.0. The number of carbonyl (C=O) groups is 1. The number of nitrogens with zero attached hydrogens (tertiary/aromatic N) is 1. The summed E-state index contributed by atoms with van der Waals surface area (Å²) >= 11 is 1.77. The third kappa shape index (κ3) is 6.99. The van der Waals surface area contributed by atoms with Crippen LogP contribution in [0.15, 0.2) is 24.3 Å². The lowest BCUT2D eigenvalue weighted by Crippen LogP contribution is -2.41. The first kappa shape index (κ1) is 22.6. The van der Waals surface area contributed by atoms with Crippen molar-refractivity contribution in [2.24, 2.45) is 5.92 Å². The predicted molar refractivity (Wildman–Crippen MR) is 111 cm³/mol. The Morgan fingerprint density at radius 3 is 2.64 bits per heavy atom. The summed E-state index contributed by atoms with van der Waals surface area (Å²) in [6, 6.07) is 8.65. The summed E-state index contributed by atoms with van der Waals surface area (Å²) < 4.78 is 0. The summed E-state index contributed by atoms with van der Waals surface area (Å²) in [5.41, 5.74) is 2.53. The van der Waals surface area contributed by atoms with Gasteiger partial charge >= 0.3 is 0 Å². The van der Waals surface area contributed by atoms with Gasteiger partial charge in [-0.3, -0.25) is 15.0 Å². The minimum atomic E-state index is -0.0274. The van der Waals surface area contributed by atoms with E-state index >= 15 is 0 Å². The van der Waals surface area contributed by atoms with Gasteiger partial charge in [-0.1, -0.05) is 31.2 Å². The van der Waals surface area contributed by atoms with Crippen LogP contribution in [-0.4, -0.2) is 41.6 Å². The van der Waals surface area contributed by atoms with Crippen molar-refractivity contribution in [2.75, 3.05) is 24.7 Å². The minimum Gasteiger partial charge on any atom is -0.351 e. The third-order valence-corrected chi connectivity index (χ3v) is 5.61. The standard InChI is InChI=1S/C18H27N3OS.2ClH/c1-14-3-2-8-21(10-14)11-16-6-4-15(5-7-16)9-19-18(22)17-12-23-13-20-17;;/h4-7,14,17,20H,2-3,8-13H2,1H3,(H,19,22);2*1H. The van der Waals surface area contributed by atoms with Gasteiger partial charge in [0.15, 0.2) is 0 Å². The van der Waals surface area contributed by atoms with Crippen LogP contribution in [0, 0.1) is 5.92 Å². The maximum Gasteiger partial charge on any atom is 0.238 e. The number of thioether (sulfide) groups is 1. The smallest absolute Gasteiger partial charge is 0.238 e. The second kappa shape index (κ2) is 11.3. The molecule has 2 fully saturated rings. The van der Waals surface area contributed by atoms with Crippen molar-refractivity contribution in [3.63, 3.8) is 0 Å². The first-order valence-electron chi connectivity index (χ1n) is 8.60. The molecule has 2 N–H and O–H groups in total. The van der Waals surface area contributed by atoms with E-state index in [0.717, 1.165) is 24.1 Å². The zero-order chi connectivity index (χ0) is 16.1. The van der Waals surface area contributed by atoms with Gasteiger partial charge in [0.25, 0.3) is 0 Å². The summed E-state index contributed by atoms with van der Waals surface area (Å²) in [5, 5.41) is 6.22. The highest BCUT2D eigenvalue weighted by atomic mass is 35.5. The summed E-state index contributed by atoms with van der Waals surface area (Å²) in [7, 11) is 0. The molecule has 0 radical (unpaired) electrons. The first-order chi connectivity index (χ1) is 11.2. The molecule has 2 unspecified atom stereocenters. The van der Waals surface area contributed by atoms with E-state index in [4.69, 9.17) is 0 Å². The van der Waals surface area contributed by atoms with Crippen LogP contribution in [-0.2, 0) is 17.9 Å². The van der Waals surface area contributed by atoms with Crippen LogP contribution in [0.2, 0.25) is 0 Å².